The molecule has 7 heterocycles. The number of nitrogens with zero attached hydrogens (tertiary/aromatic N) is 8. The second-order valence-corrected chi connectivity index (χ2v) is 17.7. The van der Waals surface area contributed by atoms with Gasteiger partial charge in [0, 0.05) is 95.7 Å². The molecule has 8 rings (SSSR count). The third-order valence-electron chi connectivity index (χ3n) is 13.1. The monoisotopic (exact) mass is 819 g/mol. The zero-order chi connectivity index (χ0) is 43.2. The Morgan fingerprint density at radius 2 is 1.57 bits per heavy atom. The summed E-state index contributed by atoms with van der Waals surface area (Å²) in [7, 11) is 3.91. The predicted octanol–water partition coefficient (Wildman–Crippen LogP) is 5.84. The van der Waals surface area contributed by atoms with Gasteiger partial charge >= 0.3 is 5.69 Å². The fraction of sp³-hybridized carbons (Fsp3) is 0.511. The molecule has 60 heavy (non-hydrogen) atoms. The molecule has 4 aliphatic heterocycles. The first-order chi connectivity index (χ1) is 28.6. The van der Waals surface area contributed by atoms with E-state index in [0.717, 1.165) is 53.9 Å². The van der Waals surface area contributed by atoms with Gasteiger partial charge in [0.25, 0.3) is 0 Å². The molecule has 2 amide bonds. The minimum absolute atomic E-state index is 0.166. The number of benzene rings is 1. The van der Waals surface area contributed by atoms with Gasteiger partial charge in [-0.1, -0.05) is 37.8 Å². The highest BCUT2D eigenvalue weighted by atomic mass is 16.2. The lowest BCUT2D eigenvalue weighted by molar-refractivity contribution is -0.130. The Hall–Kier alpha value is -5.27. The number of nitrogens with one attached hydrogen (secondary N) is 1. The van der Waals surface area contributed by atoms with E-state index < -0.39 is 5.91 Å². The Morgan fingerprint density at radius 3 is 2.13 bits per heavy atom. The van der Waals surface area contributed by atoms with Crippen molar-refractivity contribution in [3.63, 3.8) is 0 Å². The molecule has 4 saturated heterocycles. The summed E-state index contributed by atoms with van der Waals surface area (Å²) in [6.07, 6.45) is 13.0. The number of aryl methyl sites for hydroxylation is 3. The summed E-state index contributed by atoms with van der Waals surface area (Å²) in [5.74, 6) is -0.227. The van der Waals surface area contributed by atoms with Crippen molar-refractivity contribution < 1.29 is 9.59 Å². The van der Waals surface area contributed by atoms with Gasteiger partial charge in [-0.25, -0.2) is 9.78 Å². The van der Waals surface area contributed by atoms with Crippen LogP contribution in [0.4, 0.5) is 11.5 Å². The fourth-order valence-corrected chi connectivity index (χ4v) is 9.36. The highest BCUT2D eigenvalue weighted by molar-refractivity contribution is 5.96. The number of imide groups is 1. The van der Waals surface area contributed by atoms with Gasteiger partial charge in [-0.2, -0.15) is 0 Å². The first kappa shape index (κ1) is 44.3. The molecule has 4 aliphatic rings. The van der Waals surface area contributed by atoms with Gasteiger partial charge in [0.1, 0.15) is 12.4 Å². The quantitative estimate of drug-likeness (QED) is 0.209. The van der Waals surface area contributed by atoms with Crippen LogP contribution in [0, 0.1) is 24.7 Å². The lowest BCUT2D eigenvalue weighted by Crippen LogP contribution is -2.60. The van der Waals surface area contributed by atoms with Crippen LogP contribution in [0.15, 0.2) is 84.1 Å². The summed E-state index contributed by atoms with van der Waals surface area (Å²) < 4.78 is 3.06. The number of likely N-dealkylation sites (tertiary alicyclic amines) is 3. The topological polar surface area (TPSA) is 138 Å². The zero-order valence-corrected chi connectivity index (χ0v) is 36.9. The number of pyridine rings is 2. The van der Waals surface area contributed by atoms with Crippen LogP contribution in [0.3, 0.4) is 0 Å². The number of nitrogen functional groups attached to an aromatic ring is 1. The molecule has 0 saturated carbocycles. The maximum Gasteiger partial charge on any atom is 0.329 e. The first-order valence-electron chi connectivity index (χ1n) is 21.5. The molecule has 322 valence electrons. The van der Waals surface area contributed by atoms with E-state index in [1.807, 2.05) is 44.3 Å². The number of carbonyl (C=O) groups is 2. The van der Waals surface area contributed by atoms with Crippen LogP contribution in [-0.2, 0) is 23.2 Å². The van der Waals surface area contributed by atoms with Crippen LogP contribution in [0.1, 0.15) is 75.7 Å². The molecule has 13 nitrogen and oxygen atoms in total. The minimum atomic E-state index is -0.467. The number of hydrogen-bond acceptors (Lipinski definition) is 10. The number of amides is 2. The lowest BCUT2D eigenvalue weighted by Gasteiger charge is -2.56. The molecule has 0 aliphatic carbocycles. The van der Waals surface area contributed by atoms with Crippen molar-refractivity contribution in [3.8, 4) is 0 Å². The van der Waals surface area contributed by atoms with Gasteiger partial charge < -0.3 is 20.4 Å². The molecule has 0 bridgehead atoms. The van der Waals surface area contributed by atoms with E-state index in [-0.39, 0.29) is 24.6 Å². The molecule has 3 N–H and O–H groups in total. The Morgan fingerprint density at radius 1 is 0.900 bits per heavy atom. The number of imidazole rings is 1. The number of nitrogens with two attached hydrogens (primary N) is 1. The van der Waals surface area contributed by atoms with E-state index >= 15 is 0 Å². The Kier molecular flexibility index (Phi) is 14.0. The van der Waals surface area contributed by atoms with E-state index in [2.05, 4.69) is 86.6 Å². The van der Waals surface area contributed by atoms with Crippen LogP contribution in [0.5, 0.6) is 0 Å². The van der Waals surface area contributed by atoms with Crippen molar-refractivity contribution in [1.29, 1.82) is 0 Å². The number of carbonyl (C=O) groups excluding carboxylic acids is 2. The van der Waals surface area contributed by atoms with Crippen molar-refractivity contribution >= 4 is 34.4 Å². The molecule has 1 aromatic carbocycles. The van der Waals surface area contributed by atoms with Gasteiger partial charge in [0.05, 0.1) is 16.7 Å². The Bertz CT molecular complexity index is 2170. The molecular formula is C47H66N10O3. The minimum Gasteiger partial charge on any atom is -0.384 e. The van der Waals surface area contributed by atoms with Crippen molar-refractivity contribution in [2.24, 2.45) is 17.9 Å². The normalized spacial score (nSPS) is 19.0. The van der Waals surface area contributed by atoms with E-state index in [9.17, 15) is 14.4 Å². The number of aromatic nitrogens is 4. The van der Waals surface area contributed by atoms with Crippen molar-refractivity contribution in [2.75, 3.05) is 70.0 Å². The summed E-state index contributed by atoms with van der Waals surface area (Å²) in [6.45, 7) is 23.0. The van der Waals surface area contributed by atoms with Crippen molar-refractivity contribution in [2.45, 2.75) is 79.3 Å². The number of fused-ring (bicyclic) bond motifs is 1. The second-order valence-electron chi connectivity index (χ2n) is 17.7. The van der Waals surface area contributed by atoms with E-state index in [1.165, 1.54) is 67.9 Å². The molecule has 2 spiro atoms. The van der Waals surface area contributed by atoms with Gasteiger partial charge in [-0.15, -0.1) is 0 Å². The van der Waals surface area contributed by atoms with Gasteiger partial charge in [-0.05, 0) is 113 Å². The Balaban J connectivity index is 0.000000173. The molecule has 4 fully saturated rings. The molecule has 1 unspecified atom stereocenters. The lowest BCUT2D eigenvalue weighted by atomic mass is 9.71. The molecule has 4 aromatic rings. The highest BCUT2D eigenvalue weighted by Crippen LogP contribution is 2.45. The van der Waals surface area contributed by atoms with Crippen molar-refractivity contribution in [3.05, 3.63) is 107 Å². The predicted molar refractivity (Wildman–Crippen MR) is 242 cm³/mol. The number of hydrogen-bond donors (Lipinski definition) is 2. The standard InChI is InChI=1S/C21H29N5O3.C20H29N3.C6H8N2/c1-4-17(27)22-18(28)12-26-16-7-5-6-15(19(16)24(3)20(26)29)25-10-8-21(9-11-25)13-23(2)14-21;1-5-6-17(3)22-11-9-20(10-12-22)14-23(15-20)18(4)19-8-7-16(2)21-13-19;1-5-2-3-6(7)8-4-5/h5-7H,4,8-14H2,1-3H3,(H,22,27,28);5-8,13,18H,1,9-12,14-15H2,2-4H3;2-4H,1H3,(H2,7,8)/b;17-6+;. The highest BCUT2D eigenvalue weighted by Gasteiger charge is 2.46. The average molecular weight is 819 g/mol. The first-order valence-corrected chi connectivity index (χ1v) is 21.5. The Labute approximate surface area is 355 Å². The summed E-state index contributed by atoms with van der Waals surface area (Å²) >= 11 is 0. The number of piperidine rings is 2. The second kappa shape index (κ2) is 19.0. The largest absolute Gasteiger partial charge is 0.384 e. The average Bonchev–Trinajstić information content (AvgIpc) is 3.46. The number of anilines is 2. The zero-order valence-electron chi connectivity index (χ0n) is 36.9. The maximum absolute atomic E-state index is 12.8. The van der Waals surface area contributed by atoms with E-state index in [0.29, 0.717) is 22.7 Å². The molecular weight excluding hydrogens is 753 g/mol. The summed E-state index contributed by atoms with van der Waals surface area (Å²) in [6, 6.07) is 14.4. The van der Waals surface area contributed by atoms with E-state index in [1.54, 1.807) is 30.8 Å². The van der Waals surface area contributed by atoms with Crippen molar-refractivity contribution in [1.82, 2.24) is 39.1 Å². The smallest absolute Gasteiger partial charge is 0.329 e. The number of rotatable bonds is 8. The molecule has 13 heteroatoms. The van der Waals surface area contributed by atoms with Crippen LogP contribution < -0.4 is 21.6 Å². The van der Waals surface area contributed by atoms with Crippen LogP contribution in [0.2, 0.25) is 0 Å². The van der Waals surface area contributed by atoms with Crippen LogP contribution in [0.25, 0.3) is 11.0 Å². The van der Waals surface area contributed by atoms with Gasteiger partial charge in [0.2, 0.25) is 11.8 Å². The summed E-state index contributed by atoms with van der Waals surface area (Å²) in [4.78, 5) is 54.7. The molecule has 3 aromatic heterocycles. The van der Waals surface area contributed by atoms with Crippen LogP contribution in [-0.4, -0.2) is 105 Å². The number of para-hydroxylation sites is 1. The van der Waals surface area contributed by atoms with Crippen LogP contribution >= 0.6 is 0 Å². The molecule has 1 atom stereocenters. The molecule has 0 radical (unpaired) electrons. The third-order valence-corrected chi connectivity index (χ3v) is 13.1. The summed E-state index contributed by atoms with van der Waals surface area (Å²) in [5.41, 5.74) is 13.6. The van der Waals surface area contributed by atoms with Gasteiger partial charge in [0.15, 0.2) is 0 Å². The van der Waals surface area contributed by atoms with Gasteiger partial charge in [-0.3, -0.25) is 33.9 Å². The van der Waals surface area contributed by atoms with E-state index in [4.69, 9.17) is 5.73 Å². The summed E-state index contributed by atoms with van der Waals surface area (Å²) in [5, 5.41) is 2.32. The maximum atomic E-state index is 12.8. The third kappa shape index (κ3) is 10.2. The number of allylic oxidation sites excluding steroid dienone is 3. The fourth-order valence-electron chi connectivity index (χ4n) is 9.36. The SMILES string of the molecule is C=C/C=C(\C)N1CCC2(CC1)CN(C(C)c1ccc(C)nc1)C2.CCC(=O)NC(=O)Cn1c(=O)n(C)c2c(N3CCC4(CC3)CN(C)C4)cccc21.Cc1ccc(N)nc1.